The quantitative estimate of drug-likeness (QED) is 0.731. The van der Waals surface area contributed by atoms with Crippen molar-refractivity contribution in [3.05, 3.63) is 58.0 Å². The summed E-state index contributed by atoms with van der Waals surface area (Å²) in [6.45, 7) is 5.00. The molecule has 20 heavy (non-hydrogen) atoms. The summed E-state index contributed by atoms with van der Waals surface area (Å²) in [5.74, 6) is 1.82. The van der Waals surface area contributed by atoms with E-state index >= 15 is 0 Å². The van der Waals surface area contributed by atoms with Gasteiger partial charge in [0.05, 0.1) is 13.2 Å². The molecule has 1 N–H and O–H groups in total. The number of ether oxygens (including phenoxy) is 1. The van der Waals surface area contributed by atoms with Crippen molar-refractivity contribution in [3.8, 4) is 0 Å². The number of halogens is 1. The maximum absolute atomic E-state index is 5.70. The lowest BCUT2D eigenvalue weighted by atomic mass is 10.2. The summed E-state index contributed by atoms with van der Waals surface area (Å²) in [5, 5.41) is 3.31. The average molecular weight is 338 g/mol. The Morgan fingerprint density at radius 1 is 1.10 bits per heavy atom. The molecule has 2 rings (SSSR count). The van der Waals surface area contributed by atoms with E-state index in [9.17, 15) is 0 Å². The Kier molecular flexibility index (Phi) is 6.30. The summed E-state index contributed by atoms with van der Waals surface area (Å²) in [5.41, 5.74) is 1.14. The van der Waals surface area contributed by atoms with Crippen molar-refractivity contribution in [2.75, 3.05) is 6.54 Å². The molecule has 1 aromatic heterocycles. The first-order valence-electron chi connectivity index (χ1n) is 6.89. The summed E-state index contributed by atoms with van der Waals surface area (Å²) in [7, 11) is 0. The monoisotopic (exact) mass is 337 g/mol. The first-order chi connectivity index (χ1) is 9.79. The molecule has 0 fully saturated rings. The van der Waals surface area contributed by atoms with Gasteiger partial charge in [0.2, 0.25) is 0 Å². The van der Waals surface area contributed by atoms with Crippen LogP contribution in [0.2, 0.25) is 0 Å². The van der Waals surface area contributed by atoms with Crippen molar-refractivity contribution in [1.29, 1.82) is 0 Å². The smallest absolute Gasteiger partial charge is 0.129 e. The molecule has 0 radical (unpaired) electrons. The molecule has 1 aromatic carbocycles. The summed E-state index contributed by atoms with van der Waals surface area (Å²) in [4.78, 5) is 0. The summed E-state index contributed by atoms with van der Waals surface area (Å²) in [6.07, 6.45) is 1.13. The van der Waals surface area contributed by atoms with Crippen LogP contribution in [0.5, 0.6) is 0 Å². The van der Waals surface area contributed by atoms with E-state index < -0.39 is 0 Å². The van der Waals surface area contributed by atoms with Crippen LogP contribution in [0, 0.1) is 0 Å². The number of hydrogen-bond acceptors (Lipinski definition) is 3. The summed E-state index contributed by atoms with van der Waals surface area (Å²) in [6, 6.07) is 12.0. The Morgan fingerprint density at radius 2 is 1.90 bits per heavy atom. The zero-order valence-corrected chi connectivity index (χ0v) is 13.3. The molecule has 0 aliphatic carbocycles. The number of nitrogens with one attached hydrogen (secondary N) is 1. The SMILES string of the molecule is CCCNCc1ccc(COCc2ccccc2Br)o1. The highest BCUT2D eigenvalue weighted by molar-refractivity contribution is 9.10. The van der Waals surface area contributed by atoms with E-state index in [1.54, 1.807) is 0 Å². The molecule has 0 amide bonds. The molecule has 4 heteroatoms. The minimum Gasteiger partial charge on any atom is -0.462 e. The van der Waals surface area contributed by atoms with Gasteiger partial charge >= 0.3 is 0 Å². The van der Waals surface area contributed by atoms with Crippen LogP contribution < -0.4 is 5.32 Å². The molecule has 0 aliphatic heterocycles. The Bertz CT molecular complexity index is 525. The van der Waals surface area contributed by atoms with Crippen molar-refractivity contribution >= 4 is 15.9 Å². The Hall–Kier alpha value is -1.10. The van der Waals surface area contributed by atoms with Gasteiger partial charge in [0.1, 0.15) is 18.1 Å². The molecule has 0 bridgehead atoms. The van der Waals surface area contributed by atoms with Crippen molar-refractivity contribution in [2.45, 2.75) is 33.1 Å². The van der Waals surface area contributed by atoms with Gasteiger partial charge in [-0.3, -0.25) is 0 Å². The molecule has 0 spiro atoms. The lowest BCUT2D eigenvalue weighted by molar-refractivity contribution is 0.0916. The van der Waals surface area contributed by atoms with Crippen LogP contribution in [0.4, 0.5) is 0 Å². The van der Waals surface area contributed by atoms with E-state index in [1.807, 2.05) is 36.4 Å². The van der Waals surface area contributed by atoms with Gasteiger partial charge in [-0.15, -0.1) is 0 Å². The van der Waals surface area contributed by atoms with Crippen LogP contribution >= 0.6 is 15.9 Å². The van der Waals surface area contributed by atoms with Crippen molar-refractivity contribution in [3.63, 3.8) is 0 Å². The van der Waals surface area contributed by atoms with Crippen LogP contribution in [0.3, 0.4) is 0 Å². The molecule has 0 aliphatic rings. The summed E-state index contributed by atoms with van der Waals surface area (Å²) >= 11 is 3.51. The number of rotatable bonds is 8. The highest BCUT2D eigenvalue weighted by Crippen LogP contribution is 2.17. The third-order valence-electron chi connectivity index (χ3n) is 2.90. The Balaban J connectivity index is 1.75. The van der Waals surface area contributed by atoms with Gasteiger partial charge in [-0.1, -0.05) is 41.1 Å². The fourth-order valence-electron chi connectivity index (χ4n) is 1.86. The molecule has 0 atom stereocenters. The van der Waals surface area contributed by atoms with Crippen molar-refractivity contribution in [2.24, 2.45) is 0 Å². The van der Waals surface area contributed by atoms with Crippen LogP contribution in [0.1, 0.15) is 30.4 Å². The van der Waals surface area contributed by atoms with Gasteiger partial charge < -0.3 is 14.5 Å². The van der Waals surface area contributed by atoms with Gasteiger partial charge in [0, 0.05) is 4.47 Å². The minimum atomic E-state index is 0.495. The van der Waals surface area contributed by atoms with Crippen molar-refractivity contribution in [1.82, 2.24) is 5.32 Å². The largest absolute Gasteiger partial charge is 0.462 e. The van der Waals surface area contributed by atoms with E-state index in [2.05, 4.69) is 28.2 Å². The summed E-state index contributed by atoms with van der Waals surface area (Å²) < 4.78 is 12.5. The van der Waals surface area contributed by atoms with E-state index in [-0.39, 0.29) is 0 Å². The van der Waals surface area contributed by atoms with Gasteiger partial charge in [-0.25, -0.2) is 0 Å². The van der Waals surface area contributed by atoms with Crippen LogP contribution in [0.25, 0.3) is 0 Å². The van der Waals surface area contributed by atoms with E-state index in [4.69, 9.17) is 9.15 Å². The molecule has 0 saturated heterocycles. The third kappa shape index (κ3) is 4.78. The van der Waals surface area contributed by atoms with Crippen LogP contribution in [0.15, 0.2) is 45.3 Å². The van der Waals surface area contributed by atoms with E-state index in [0.717, 1.165) is 41.1 Å². The second-order valence-corrected chi connectivity index (χ2v) is 5.48. The normalized spacial score (nSPS) is 10.9. The molecule has 2 aromatic rings. The highest BCUT2D eigenvalue weighted by Gasteiger charge is 2.03. The van der Waals surface area contributed by atoms with Crippen LogP contribution in [-0.2, 0) is 24.5 Å². The lowest BCUT2D eigenvalue weighted by Gasteiger charge is -2.05. The molecule has 1 heterocycles. The molecule has 108 valence electrons. The number of furan rings is 1. The van der Waals surface area contributed by atoms with Gasteiger partial charge in [-0.2, -0.15) is 0 Å². The fraction of sp³-hybridized carbons (Fsp3) is 0.375. The predicted octanol–water partition coefficient (Wildman–Crippen LogP) is 4.26. The van der Waals surface area contributed by atoms with E-state index in [0.29, 0.717) is 13.2 Å². The zero-order valence-electron chi connectivity index (χ0n) is 11.7. The topological polar surface area (TPSA) is 34.4 Å². The van der Waals surface area contributed by atoms with Crippen molar-refractivity contribution < 1.29 is 9.15 Å². The maximum Gasteiger partial charge on any atom is 0.129 e. The standard InChI is InChI=1S/C16H20BrNO2/c1-2-9-18-10-14-7-8-15(20-14)12-19-11-13-5-3-4-6-16(13)17/h3-8,18H,2,9-12H2,1H3. The second-order valence-electron chi connectivity index (χ2n) is 4.63. The highest BCUT2D eigenvalue weighted by atomic mass is 79.9. The molecule has 3 nitrogen and oxygen atoms in total. The Labute approximate surface area is 128 Å². The maximum atomic E-state index is 5.70. The minimum absolute atomic E-state index is 0.495. The first kappa shape index (κ1) is 15.3. The molecule has 0 saturated carbocycles. The van der Waals surface area contributed by atoms with Gasteiger partial charge in [0.25, 0.3) is 0 Å². The number of hydrogen-bond donors (Lipinski definition) is 1. The fourth-order valence-corrected chi connectivity index (χ4v) is 2.26. The van der Waals surface area contributed by atoms with Gasteiger partial charge in [-0.05, 0) is 36.7 Å². The van der Waals surface area contributed by atoms with E-state index in [1.165, 1.54) is 0 Å². The third-order valence-corrected chi connectivity index (χ3v) is 3.68. The first-order valence-corrected chi connectivity index (χ1v) is 7.68. The number of benzene rings is 1. The van der Waals surface area contributed by atoms with Crippen LogP contribution in [-0.4, -0.2) is 6.54 Å². The second kappa shape index (κ2) is 8.25. The zero-order chi connectivity index (χ0) is 14.2. The molecular weight excluding hydrogens is 318 g/mol. The molecule has 0 unspecified atom stereocenters. The van der Waals surface area contributed by atoms with Gasteiger partial charge in [0.15, 0.2) is 0 Å². The Morgan fingerprint density at radius 3 is 2.70 bits per heavy atom. The average Bonchev–Trinajstić information content (AvgIpc) is 2.89. The molecular formula is C16H20BrNO2. The lowest BCUT2D eigenvalue weighted by Crippen LogP contribution is -2.13. The predicted molar refractivity (Wildman–Crippen MR) is 83.3 cm³/mol.